The second-order valence-electron chi connectivity index (χ2n) is 14.8. The number of benzene rings is 3. The highest BCUT2D eigenvalue weighted by Gasteiger charge is 2.42. The fraction of sp³-hybridized carbons (Fsp3) is 0.475. The molecule has 0 bridgehead atoms. The van der Waals surface area contributed by atoms with E-state index in [0.717, 1.165) is 21.9 Å². The zero-order valence-electron chi connectivity index (χ0n) is 30.3. The number of carbonyl (C=O) groups excluding carboxylic acids is 5. The lowest BCUT2D eigenvalue weighted by Crippen LogP contribution is -2.57. The predicted molar refractivity (Wildman–Crippen MR) is 194 cm³/mol. The smallest absolute Gasteiger partial charge is 0.408 e. The highest BCUT2D eigenvalue weighted by Crippen LogP contribution is 2.38. The van der Waals surface area contributed by atoms with Gasteiger partial charge in [0.05, 0.1) is 7.11 Å². The van der Waals surface area contributed by atoms with Gasteiger partial charge in [0.15, 0.2) is 0 Å². The lowest BCUT2D eigenvalue weighted by atomic mass is 9.82. The SMILES string of the molecule is COC(=O)[C@H](C[C@@H]1CC(C)(C)NC1=O)NC(=O)C(CC1CCC(F)(F)CC1)NC(=O)[C@H](Cc1cccc2ccccc12)NC(=O)OCc1ccccc1. The van der Waals surface area contributed by atoms with Gasteiger partial charge in [-0.1, -0.05) is 72.8 Å². The van der Waals surface area contributed by atoms with Crippen LogP contribution in [0.2, 0.25) is 0 Å². The summed E-state index contributed by atoms with van der Waals surface area (Å²) in [5, 5.41) is 12.8. The molecule has 3 aromatic carbocycles. The molecule has 2 aliphatic rings. The number of carbonyl (C=O) groups is 5. The molecule has 11 nitrogen and oxygen atoms in total. The first kappa shape index (κ1) is 39.1. The largest absolute Gasteiger partial charge is 0.467 e. The van der Waals surface area contributed by atoms with Gasteiger partial charge in [-0.2, -0.15) is 0 Å². The molecular formula is C40H48F2N4O7. The van der Waals surface area contributed by atoms with Crippen molar-refractivity contribution in [1.82, 2.24) is 21.3 Å². The topological polar surface area (TPSA) is 152 Å². The van der Waals surface area contributed by atoms with Crippen LogP contribution in [0.15, 0.2) is 72.8 Å². The summed E-state index contributed by atoms with van der Waals surface area (Å²) in [5.41, 5.74) is 0.997. The van der Waals surface area contributed by atoms with Crippen molar-refractivity contribution in [2.24, 2.45) is 11.8 Å². The number of amides is 4. The van der Waals surface area contributed by atoms with E-state index in [1.54, 1.807) is 24.3 Å². The van der Waals surface area contributed by atoms with Crippen LogP contribution in [0.3, 0.4) is 0 Å². The van der Waals surface area contributed by atoms with Crippen LogP contribution in [0.4, 0.5) is 13.6 Å². The summed E-state index contributed by atoms with van der Waals surface area (Å²) in [6.07, 6.45) is -0.857. The minimum Gasteiger partial charge on any atom is -0.467 e. The van der Waals surface area contributed by atoms with Crippen molar-refractivity contribution in [2.75, 3.05) is 7.11 Å². The standard InChI is InChI=1S/C40H48F2N4O7/c1-39(2)23-29(34(47)46-39)22-33(37(50)52-3)44-35(48)31(20-25-16-18-40(41,42)19-17-25)43-36(49)32(45-38(51)53-24-26-10-5-4-6-11-26)21-28-14-9-13-27-12-7-8-15-30(27)28/h4-15,25,29,31-33H,16-24H2,1-3H3,(H,43,49)(H,44,48)(H,45,51)(H,46,47)/t29-,31?,32+,33+/m1/s1. The average Bonchev–Trinajstić information content (AvgIpc) is 3.40. The van der Waals surface area contributed by atoms with Crippen LogP contribution in [0.25, 0.3) is 10.8 Å². The third kappa shape index (κ3) is 11.0. The van der Waals surface area contributed by atoms with Gasteiger partial charge in [-0.15, -0.1) is 0 Å². The second kappa shape index (κ2) is 17.2. The van der Waals surface area contributed by atoms with Gasteiger partial charge in [0.2, 0.25) is 23.6 Å². The van der Waals surface area contributed by atoms with E-state index >= 15 is 0 Å². The molecular weight excluding hydrogens is 686 g/mol. The van der Waals surface area contributed by atoms with Crippen molar-refractivity contribution in [1.29, 1.82) is 0 Å². The maximum Gasteiger partial charge on any atom is 0.408 e. The van der Waals surface area contributed by atoms with Gasteiger partial charge in [0.1, 0.15) is 24.7 Å². The van der Waals surface area contributed by atoms with Gasteiger partial charge in [-0.05, 0) is 73.8 Å². The molecule has 284 valence electrons. The minimum atomic E-state index is -2.81. The van der Waals surface area contributed by atoms with Crippen LogP contribution in [0, 0.1) is 11.8 Å². The molecule has 0 spiro atoms. The van der Waals surface area contributed by atoms with Gasteiger partial charge < -0.3 is 30.7 Å². The molecule has 4 atom stereocenters. The van der Waals surface area contributed by atoms with Crippen LogP contribution in [-0.2, 0) is 41.7 Å². The van der Waals surface area contributed by atoms with Crippen LogP contribution >= 0.6 is 0 Å². The molecule has 13 heteroatoms. The number of methoxy groups -OCH3 is 1. The number of nitrogens with one attached hydrogen (secondary N) is 4. The summed E-state index contributed by atoms with van der Waals surface area (Å²) in [4.78, 5) is 67.0. The molecule has 4 N–H and O–H groups in total. The number of alkyl carbamates (subject to hydrolysis) is 1. The summed E-state index contributed by atoms with van der Waals surface area (Å²) in [5.74, 6) is -6.19. The molecule has 4 amide bonds. The molecule has 1 aliphatic carbocycles. The van der Waals surface area contributed by atoms with Crippen LogP contribution in [-0.4, -0.2) is 66.5 Å². The zero-order valence-corrected chi connectivity index (χ0v) is 30.3. The summed E-state index contributed by atoms with van der Waals surface area (Å²) >= 11 is 0. The number of hydrogen-bond acceptors (Lipinski definition) is 7. The highest BCUT2D eigenvalue weighted by molar-refractivity contribution is 5.94. The van der Waals surface area contributed by atoms with E-state index in [1.807, 2.05) is 62.4 Å². The number of ether oxygens (including phenoxy) is 2. The third-order valence-electron chi connectivity index (χ3n) is 10.1. The first-order valence-corrected chi connectivity index (χ1v) is 18.0. The zero-order chi connectivity index (χ0) is 38.2. The van der Waals surface area contributed by atoms with E-state index in [9.17, 15) is 32.8 Å². The number of rotatable bonds is 14. The Kier molecular flexibility index (Phi) is 12.7. The Bertz CT molecular complexity index is 1770. The van der Waals surface area contributed by atoms with Crippen molar-refractivity contribution < 1.29 is 42.2 Å². The quantitative estimate of drug-likeness (QED) is 0.163. The normalized spacial score (nSPS) is 19.6. The summed E-state index contributed by atoms with van der Waals surface area (Å²) < 4.78 is 38.6. The van der Waals surface area contributed by atoms with E-state index in [-0.39, 0.29) is 63.4 Å². The first-order chi connectivity index (χ1) is 25.2. The first-order valence-electron chi connectivity index (χ1n) is 18.0. The number of esters is 1. The van der Waals surface area contributed by atoms with Gasteiger partial charge in [0, 0.05) is 30.7 Å². The van der Waals surface area contributed by atoms with Crippen LogP contribution < -0.4 is 21.3 Å². The van der Waals surface area contributed by atoms with Crippen LogP contribution in [0.1, 0.15) is 69.9 Å². The van der Waals surface area contributed by atoms with E-state index in [0.29, 0.717) is 6.42 Å². The molecule has 2 fully saturated rings. The van der Waals surface area contributed by atoms with Gasteiger partial charge in [0.25, 0.3) is 0 Å². The van der Waals surface area contributed by atoms with E-state index < -0.39 is 59.4 Å². The summed E-state index contributed by atoms with van der Waals surface area (Å²) in [7, 11) is 1.17. The number of halogens is 2. The van der Waals surface area contributed by atoms with Crippen molar-refractivity contribution in [2.45, 2.75) is 101 Å². The molecule has 1 aliphatic heterocycles. The number of fused-ring (bicyclic) bond motifs is 1. The predicted octanol–water partition coefficient (Wildman–Crippen LogP) is 5.34. The van der Waals surface area contributed by atoms with Gasteiger partial charge in [-0.25, -0.2) is 18.4 Å². The highest BCUT2D eigenvalue weighted by atomic mass is 19.3. The fourth-order valence-corrected chi connectivity index (χ4v) is 7.28. The Hall–Kier alpha value is -5.07. The molecule has 0 radical (unpaired) electrons. The van der Waals surface area contributed by atoms with Crippen LogP contribution in [0.5, 0.6) is 0 Å². The monoisotopic (exact) mass is 734 g/mol. The molecule has 1 unspecified atom stereocenters. The third-order valence-corrected chi connectivity index (χ3v) is 10.1. The lowest BCUT2D eigenvalue weighted by molar-refractivity contribution is -0.146. The number of hydrogen-bond donors (Lipinski definition) is 4. The van der Waals surface area contributed by atoms with Gasteiger partial charge >= 0.3 is 12.1 Å². The van der Waals surface area contributed by atoms with Gasteiger partial charge in [-0.3, -0.25) is 14.4 Å². The van der Waals surface area contributed by atoms with Crippen molar-refractivity contribution in [3.63, 3.8) is 0 Å². The molecule has 1 heterocycles. The Balaban J connectivity index is 1.38. The van der Waals surface area contributed by atoms with Crippen molar-refractivity contribution >= 4 is 40.6 Å². The molecule has 1 saturated heterocycles. The Labute approximate surface area is 307 Å². The maximum atomic E-state index is 14.2. The molecule has 3 aromatic rings. The summed E-state index contributed by atoms with van der Waals surface area (Å²) in [6, 6.07) is 18.5. The van der Waals surface area contributed by atoms with E-state index in [4.69, 9.17) is 9.47 Å². The minimum absolute atomic E-state index is 0.0118. The average molecular weight is 735 g/mol. The second-order valence-corrected chi connectivity index (χ2v) is 14.8. The molecule has 53 heavy (non-hydrogen) atoms. The molecule has 0 aromatic heterocycles. The van der Waals surface area contributed by atoms with E-state index in [1.165, 1.54) is 7.11 Å². The Morgan fingerprint density at radius 2 is 1.47 bits per heavy atom. The number of alkyl halides is 2. The Morgan fingerprint density at radius 3 is 2.15 bits per heavy atom. The van der Waals surface area contributed by atoms with Crippen molar-refractivity contribution in [3.8, 4) is 0 Å². The Morgan fingerprint density at radius 1 is 0.830 bits per heavy atom. The van der Waals surface area contributed by atoms with E-state index in [2.05, 4.69) is 21.3 Å². The lowest BCUT2D eigenvalue weighted by Gasteiger charge is -2.32. The molecule has 5 rings (SSSR count). The fourth-order valence-electron chi connectivity index (χ4n) is 7.28. The molecule has 1 saturated carbocycles. The maximum absolute atomic E-state index is 14.2. The van der Waals surface area contributed by atoms with Crippen molar-refractivity contribution in [3.05, 3.63) is 83.9 Å². The summed E-state index contributed by atoms with van der Waals surface area (Å²) in [6.45, 7) is 3.67.